The van der Waals surface area contributed by atoms with Gasteiger partial charge in [-0.2, -0.15) is 0 Å². The molecule has 7 atom stereocenters. The Balaban J connectivity index is 1.57. The van der Waals surface area contributed by atoms with Crippen LogP contribution in [-0.2, 0) is 19.1 Å². The summed E-state index contributed by atoms with van der Waals surface area (Å²) in [7, 11) is 0. The molecular weight excluding hydrogens is 416 g/mol. The number of hydrogen-bond donors (Lipinski definition) is 1. The first-order chi connectivity index (χ1) is 15.4. The fourth-order valence-electron chi connectivity index (χ4n) is 5.24. The zero-order valence-corrected chi connectivity index (χ0v) is 20.7. The Morgan fingerprint density at radius 1 is 1.00 bits per heavy atom. The maximum absolute atomic E-state index is 12.6. The molecule has 5 nitrogen and oxygen atoms in total. The minimum Gasteiger partial charge on any atom is -0.460 e. The van der Waals surface area contributed by atoms with E-state index in [1.165, 1.54) is 0 Å². The summed E-state index contributed by atoms with van der Waals surface area (Å²) in [6.07, 6.45) is 18.2. The molecule has 0 aromatic rings. The molecule has 3 rings (SSSR count). The minimum absolute atomic E-state index is 0.0177. The molecule has 0 radical (unpaired) electrons. The molecule has 3 aliphatic rings. The largest absolute Gasteiger partial charge is 0.460 e. The molecular formula is C28H36O5. The Morgan fingerprint density at radius 2 is 1.58 bits per heavy atom. The van der Waals surface area contributed by atoms with E-state index in [4.69, 9.17) is 9.47 Å². The third-order valence-corrected chi connectivity index (χ3v) is 7.59. The molecule has 0 spiro atoms. The summed E-state index contributed by atoms with van der Waals surface area (Å²) in [6, 6.07) is 0. The van der Waals surface area contributed by atoms with Crippen LogP contribution in [0.2, 0.25) is 0 Å². The van der Waals surface area contributed by atoms with E-state index in [-0.39, 0.29) is 23.9 Å². The lowest BCUT2D eigenvalue weighted by Crippen LogP contribution is -2.46. The van der Waals surface area contributed by atoms with Crippen molar-refractivity contribution in [2.75, 3.05) is 0 Å². The number of hydrogen-bond acceptors (Lipinski definition) is 5. The standard InChI is InChI=1S/C28H36O5/c1-18(23-27(6,31)17-19(2)21(4)32-23)15-13-11-9-8-10-12-14-16-26(5)24-20(3)22(29)28(26,7)25(30)33-24/h8-17,20-21,23-24,31H,1-7H3/b9-8+,12-10+,13-11+,16-14+,18-15+/t20-,21+,23-,24-,26+,27+,28-/m0/s1. The second-order valence-electron chi connectivity index (χ2n) is 10.1. The summed E-state index contributed by atoms with van der Waals surface area (Å²) < 4.78 is 11.5. The zero-order valence-electron chi connectivity index (χ0n) is 20.7. The Bertz CT molecular complexity index is 992. The summed E-state index contributed by atoms with van der Waals surface area (Å²) in [5, 5.41) is 10.7. The van der Waals surface area contributed by atoms with Crippen molar-refractivity contribution in [1.29, 1.82) is 0 Å². The van der Waals surface area contributed by atoms with E-state index < -0.39 is 28.5 Å². The summed E-state index contributed by atoms with van der Waals surface area (Å²) >= 11 is 0. The summed E-state index contributed by atoms with van der Waals surface area (Å²) in [4.78, 5) is 24.8. The van der Waals surface area contributed by atoms with Gasteiger partial charge >= 0.3 is 5.97 Å². The molecule has 0 aromatic carbocycles. The van der Waals surface area contributed by atoms with Gasteiger partial charge in [0.25, 0.3) is 0 Å². The molecule has 1 aliphatic carbocycles. The summed E-state index contributed by atoms with van der Waals surface area (Å²) in [6.45, 7) is 13.1. The molecule has 1 saturated carbocycles. The summed E-state index contributed by atoms with van der Waals surface area (Å²) in [5.41, 5.74) is -0.784. The van der Waals surface area contributed by atoms with Crippen molar-refractivity contribution in [2.24, 2.45) is 16.7 Å². The second-order valence-corrected chi connectivity index (χ2v) is 10.1. The van der Waals surface area contributed by atoms with E-state index >= 15 is 0 Å². The lowest BCUT2D eigenvalue weighted by Gasteiger charge is -2.38. The molecule has 0 amide bonds. The van der Waals surface area contributed by atoms with Crippen LogP contribution < -0.4 is 0 Å². The van der Waals surface area contributed by atoms with Crippen molar-refractivity contribution in [1.82, 2.24) is 0 Å². The molecule has 1 saturated heterocycles. The number of carbonyl (C=O) groups is 2. The van der Waals surface area contributed by atoms with Gasteiger partial charge < -0.3 is 14.6 Å². The van der Waals surface area contributed by atoms with Crippen LogP contribution in [0.25, 0.3) is 0 Å². The topological polar surface area (TPSA) is 72.8 Å². The highest BCUT2D eigenvalue weighted by Gasteiger charge is 2.73. The molecule has 2 aliphatic heterocycles. The quantitative estimate of drug-likeness (QED) is 0.271. The van der Waals surface area contributed by atoms with Crippen LogP contribution in [0.1, 0.15) is 48.5 Å². The number of allylic oxidation sites excluding steroid dienone is 8. The maximum Gasteiger partial charge on any atom is 0.320 e. The number of ketones is 1. The van der Waals surface area contributed by atoms with Crippen molar-refractivity contribution >= 4 is 11.8 Å². The molecule has 178 valence electrons. The second kappa shape index (κ2) is 9.03. The van der Waals surface area contributed by atoms with Gasteiger partial charge in [-0.05, 0) is 51.8 Å². The van der Waals surface area contributed by atoms with Gasteiger partial charge in [0.2, 0.25) is 0 Å². The average molecular weight is 453 g/mol. The first kappa shape index (κ1) is 25.1. The van der Waals surface area contributed by atoms with Crippen molar-refractivity contribution in [3.05, 3.63) is 71.9 Å². The van der Waals surface area contributed by atoms with Gasteiger partial charge in [-0.15, -0.1) is 0 Å². The number of Topliss-reactive ketones (excluding diaryl/α,β-unsaturated/α-hetero) is 1. The smallest absolute Gasteiger partial charge is 0.320 e. The zero-order chi connectivity index (χ0) is 24.6. The van der Waals surface area contributed by atoms with Crippen LogP contribution in [0, 0.1) is 16.7 Å². The molecule has 2 bridgehead atoms. The lowest BCUT2D eigenvalue weighted by molar-refractivity contribution is -0.161. The lowest BCUT2D eigenvalue weighted by atomic mass is 9.68. The third-order valence-electron chi connectivity index (χ3n) is 7.59. The van der Waals surface area contributed by atoms with E-state index in [2.05, 4.69) is 0 Å². The molecule has 33 heavy (non-hydrogen) atoms. The van der Waals surface area contributed by atoms with Crippen molar-refractivity contribution < 1.29 is 24.2 Å². The fourth-order valence-corrected chi connectivity index (χ4v) is 5.24. The predicted molar refractivity (Wildman–Crippen MR) is 129 cm³/mol. The number of esters is 1. The maximum atomic E-state index is 12.6. The highest BCUT2D eigenvalue weighted by Crippen LogP contribution is 2.60. The van der Waals surface area contributed by atoms with Gasteiger partial charge in [0.1, 0.15) is 23.2 Å². The van der Waals surface area contributed by atoms with Gasteiger partial charge in [0.05, 0.1) is 12.0 Å². The van der Waals surface area contributed by atoms with Crippen LogP contribution in [0.4, 0.5) is 0 Å². The highest BCUT2D eigenvalue weighted by molar-refractivity contribution is 6.10. The molecule has 0 aromatic heterocycles. The number of ether oxygens (including phenoxy) is 2. The highest BCUT2D eigenvalue weighted by atomic mass is 16.6. The van der Waals surface area contributed by atoms with Crippen LogP contribution in [0.15, 0.2) is 71.9 Å². The van der Waals surface area contributed by atoms with Crippen LogP contribution in [0.5, 0.6) is 0 Å². The Hall–Kier alpha value is -2.50. The van der Waals surface area contributed by atoms with Crippen LogP contribution in [-0.4, -0.2) is 40.8 Å². The van der Waals surface area contributed by atoms with Crippen molar-refractivity contribution in [3.63, 3.8) is 0 Å². The van der Waals surface area contributed by atoms with E-state index in [1.54, 1.807) is 13.8 Å². The summed E-state index contributed by atoms with van der Waals surface area (Å²) in [5.74, 6) is -0.728. The molecule has 0 unspecified atom stereocenters. The average Bonchev–Trinajstić information content (AvgIpc) is 3.02. The molecule has 2 heterocycles. The van der Waals surface area contributed by atoms with E-state index in [0.29, 0.717) is 0 Å². The van der Waals surface area contributed by atoms with Gasteiger partial charge in [-0.25, -0.2) is 0 Å². The van der Waals surface area contributed by atoms with Gasteiger partial charge in [-0.1, -0.05) is 68.5 Å². The first-order valence-corrected chi connectivity index (χ1v) is 11.5. The predicted octanol–water partition coefficient (Wildman–Crippen LogP) is 4.80. The van der Waals surface area contributed by atoms with E-state index in [1.807, 2.05) is 95.4 Å². The van der Waals surface area contributed by atoms with Crippen molar-refractivity contribution in [2.45, 2.75) is 72.4 Å². The number of carbonyl (C=O) groups excluding carboxylic acids is 2. The Labute approximate surface area is 197 Å². The Kier molecular flexibility index (Phi) is 6.88. The third kappa shape index (κ3) is 4.24. The minimum atomic E-state index is -1.11. The van der Waals surface area contributed by atoms with Gasteiger partial charge in [0.15, 0.2) is 5.78 Å². The van der Waals surface area contributed by atoms with Gasteiger partial charge in [-0.3, -0.25) is 9.59 Å². The molecule has 2 fully saturated rings. The molecule has 5 heteroatoms. The monoisotopic (exact) mass is 452 g/mol. The first-order valence-electron chi connectivity index (χ1n) is 11.5. The number of rotatable bonds is 6. The SMILES string of the molecule is CC1=C[C@@](C)(O)[C@H](/C(C)=C/C=C/C=C/C=C/C=C/[C@]2(C)[C@H]3OC(=O)[C@]2(C)C(=O)[C@@H]3C)O[C@@H]1C. The van der Waals surface area contributed by atoms with Crippen LogP contribution >= 0.6 is 0 Å². The van der Waals surface area contributed by atoms with E-state index in [0.717, 1.165) is 11.1 Å². The number of fused-ring (bicyclic) bond motifs is 2. The molecule has 1 N–H and O–H groups in total. The fraction of sp³-hybridized carbons (Fsp3) is 0.500. The Morgan fingerprint density at radius 3 is 2.18 bits per heavy atom. The van der Waals surface area contributed by atoms with E-state index in [9.17, 15) is 14.7 Å². The number of aliphatic hydroxyl groups is 1. The van der Waals surface area contributed by atoms with Crippen LogP contribution in [0.3, 0.4) is 0 Å². The normalized spacial score (nSPS) is 41.8. The van der Waals surface area contributed by atoms with Gasteiger partial charge in [0, 0.05) is 5.41 Å². The van der Waals surface area contributed by atoms with Crippen molar-refractivity contribution in [3.8, 4) is 0 Å².